The molecule has 0 aromatic heterocycles. The van der Waals surface area contributed by atoms with Crippen molar-refractivity contribution in [3.05, 3.63) is 54.1 Å². The Kier molecular flexibility index (Phi) is 4.76. The van der Waals surface area contributed by atoms with Crippen LogP contribution in [0.5, 0.6) is 5.75 Å². The Morgan fingerprint density at radius 3 is 2.32 bits per heavy atom. The summed E-state index contributed by atoms with van der Waals surface area (Å²) in [5, 5.41) is 0. The number of hydrogen-bond acceptors (Lipinski definition) is 3. The molecule has 1 saturated heterocycles. The average molecular weight is 296 g/mol. The quantitative estimate of drug-likeness (QED) is 0.862. The Bertz CT molecular complexity index is 601. The zero-order chi connectivity index (χ0) is 15.4. The zero-order valence-corrected chi connectivity index (χ0v) is 13.5. The highest BCUT2D eigenvalue weighted by Gasteiger charge is 2.13. The predicted octanol–water partition coefficient (Wildman–Crippen LogP) is 3.11. The lowest BCUT2D eigenvalue weighted by Gasteiger charge is -2.32. The molecular weight excluding hydrogens is 272 g/mol. The summed E-state index contributed by atoms with van der Waals surface area (Å²) in [5.74, 6) is 0.902. The highest BCUT2D eigenvalue weighted by molar-refractivity contribution is 5.65. The molecule has 0 aliphatic carbocycles. The minimum absolute atomic E-state index is 0.902. The third-order valence-electron chi connectivity index (χ3n) is 4.36. The molecule has 0 saturated carbocycles. The van der Waals surface area contributed by atoms with Gasteiger partial charge in [0.1, 0.15) is 5.75 Å². The first-order valence-corrected chi connectivity index (χ1v) is 7.89. The molecule has 0 radical (unpaired) electrons. The summed E-state index contributed by atoms with van der Waals surface area (Å²) in [6.45, 7) is 5.71. The predicted molar refractivity (Wildman–Crippen MR) is 91.2 cm³/mol. The maximum absolute atomic E-state index is 5.30. The summed E-state index contributed by atoms with van der Waals surface area (Å²) < 4.78 is 5.30. The van der Waals surface area contributed by atoms with Crippen LogP contribution >= 0.6 is 0 Å². The molecule has 22 heavy (non-hydrogen) atoms. The van der Waals surface area contributed by atoms with E-state index in [1.54, 1.807) is 7.11 Å². The first-order chi connectivity index (χ1) is 10.7. The topological polar surface area (TPSA) is 15.7 Å². The third-order valence-corrected chi connectivity index (χ3v) is 4.36. The van der Waals surface area contributed by atoms with Gasteiger partial charge >= 0.3 is 0 Å². The number of methoxy groups -OCH3 is 1. The van der Waals surface area contributed by atoms with Crippen molar-refractivity contribution in [2.24, 2.45) is 0 Å². The van der Waals surface area contributed by atoms with E-state index in [-0.39, 0.29) is 0 Å². The number of nitrogens with zero attached hydrogens (tertiary/aromatic N) is 2. The summed E-state index contributed by atoms with van der Waals surface area (Å²) in [6, 6.07) is 17.1. The summed E-state index contributed by atoms with van der Waals surface area (Å²) >= 11 is 0. The van der Waals surface area contributed by atoms with Gasteiger partial charge in [0, 0.05) is 32.7 Å². The van der Waals surface area contributed by atoms with Crippen molar-refractivity contribution in [2.75, 3.05) is 40.3 Å². The number of rotatable bonds is 4. The highest BCUT2D eigenvalue weighted by atomic mass is 16.5. The maximum Gasteiger partial charge on any atom is 0.119 e. The van der Waals surface area contributed by atoms with Crippen molar-refractivity contribution >= 4 is 0 Å². The van der Waals surface area contributed by atoms with Crippen molar-refractivity contribution in [3.8, 4) is 16.9 Å². The van der Waals surface area contributed by atoms with Gasteiger partial charge in [-0.25, -0.2) is 0 Å². The van der Waals surface area contributed by atoms with Gasteiger partial charge in [0.2, 0.25) is 0 Å². The van der Waals surface area contributed by atoms with Crippen LogP contribution in [0.25, 0.3) is 11.1 Å². The van der Waals surface area contributed by atoms with Gasteiger partial charge in [-0.2, -0.15) is 0 Å². The molecule has 0 bridgehead atoms. The van der Waals surface area contributed by atoms with Gasteiger partial charge in [-0.1, -0.05) is 36.4 Å². The van der Waals surface area contributed by atoms with Crippen molar-refractivity contribution in [1.29, 1.82) is 0 Å². The van der Waals surface area contributed by atoms with E-state index in [1.807, 2.05) is 12.1 Å². The molecule has 0 amide bonds. The molecule has 3 heteroatoms. The monoisotopic (exact) mass is 296 g/mol. The van der Waals surface area contributed by atoms with Crippen LogP contribution in [0, 0.1) is 0 Å². The van der Waals surface area contributed by atoms with Crippen LogP contribution in [0.4, 0.5) is 0 Å². The fraction of sp³-hybridized carbons (Fsp3) is 0.368. The maximum atomic E-state index is 5.30. The average Bonchev–Trinajstić information content (AvgIpc) is 2.58. The van der Waals surface area contributed by atoms with Crippen molar-refractivity contribution in [2.45, 2.75) is 6.54 Å². The normalized spacial score (nSPS) is 16.6. The van der Waals surface area contributed by atoms with E-state index in [9.17, 15) is 0 Å². The molecular formula is C19H24N2O. The van der Waals surface area contributed by atoms with E-state index in [1.165, 1.54) is 29.8 Å². The molecule has 0 unspecified atom stereocenters. The molecule has 0 N–H and O–H groups in total. The lowest BCUT2D eigenvalue weighted by molar-refractivity contribution is 0.148. The largest absolute Gasteiger partial charge is 0.497 e. The van der Waals surface area contributed by atoms with Gasteiger partial charge in [-0.05, 0) is 35.9 Å². The molecule has 0 spiro atoms. The molecule has 116 valence electrons. The second-order valence-electron chi connectivity index (χ2n) is 6.01. The minimum atomic E-state index is 0.902. The second-order valence-corrected chi connectivity index (χ2v) is 6.01. The number of likely N-dealkylation sites (N-methyl/N-ethyl adjacent to an activating group) is 1. The first-order valence-electron chi connectivity index (χ1n) is 7.89. The van der Waals surface area contributed by atoms with Gasteiger partial charge < -0.3 is 9.64 Å². The van der Waals surface area contributed by atoms with Gasteiger partial charge in [0.05, 0.1) is 7.11 Å². The number of benzene rings is 2. The van der Waals surface area contributed by atoms with Crippen molar-refractivity contribution < 1.29 is 4.74 Å². The van der Waals surface area contributed by atoms with Crippen LogP contribution in [-0.4, -0.2) is 50.1 Å². The van der Waals surface area contributed by atoms with Gasteiger partial charge in [0.15, 0.2) is 0 Å². The summed E-state index contributed by atoms with van der Waals surface area (Å²) in [5.41, 5.74) is 3.82. The highest BCUT2D eigenvalue weighted by Crippen LogP contribution is 2.24. The van der Waals surface area contributed by atoms with Crippen LogP contribution in [0.3, 0.4) is 0 Å². The fourth-order valence-electron chi connectivity index (χ4n) is 2.87. The van der Waals surface area contributed by atoms with Crippen LogP contribution in [0.2, 0.25) is 0 Å². The second kappa shape index (κ2) is 6.95. The van der Waals surface area contributed by atoms with Crippen LogP contribution in [-0.2, 0) is 6.54 Å². The Balaban J connectivity index is 1.67. The molecule has 1 heterocycles. The Morgan fingerprint density at radius 2 is 1.64 bits per heavy atom. The molecule has 2 aromatic rings. The molecule has 1 aliphatic heterocycles. The van der Waals surface area contributed by atoms with Gasteiger partial charge in [-0.3, -0.25) is 4.90 Å². The minimum Gasteiger partial charge on any atom is -0.497 e. The standard InChI is InChI=1S/C19H24N2O/c1-20-10-12-21(13-11-20)15-16-6-8-17(9-7-16)18-4-3-5-19(14-18)22-2/h3-9,14H,10-13,15H2,1-2H3. The van der Waals surface area contributed by atoms with E-state index in [2.05, 4.69) is 53.2 Å². The SMILES string of the molecule is COc1cccc(-c2ccc(CN3CCN(C)CC3)cc2)c1. The summed E-state index contributed by atoms with van der Waals surface area (Å²) in [7, 11) is 3.90. The molecule has 2 aromatic carbocycles. The number of piperazine rings is 1. The van der Waals surface area contributed by atoms with Gasteiger partial charge in [0.25, 0.3) is 0 Å². The third kappa shape index (κ3) is 3.67. The van der Waals surface area contributed by atoms with Crippen LogP contribution in [0.15, 0.2) is 48.5 Å². The van der Waals surface area contributed by atoms with Crippen molar-refractivity contribution in [3.63, 3.8) is 0 Å². The summed E-state index contributed by atoms with van der Waals surface area (Å²) in [6.07, 6.45) is 0. The van der Waals surface area contributed by atoms with E-state index in [0.717, 1.165) is 25.4 Å². The molecule has 0 atom stereocenters. The molecule has 1 aliphatic rings. The van der Waals surface area contributed by atoms with Crippen LogP contribution < -0.4 is 4.74 Å². The Labute approximate surface area is 133 Å². The van der Waals surface area contributed by atoms with E-state index in [0.29, 0.717) is 0 Å². The fourth-order valence-corrected chi connectivity index (χ4v) is 2.87. The van der Waals surface area contributed by atoms with E-state index >= 15 is 0 Å². The summed E-state index contributed by atoms with van der Waals surface area (Å²) in [4.78, 5) is 4.92. The lowest BCUT2D eigenvalue weighted by atomic mass is 10.0. The number of ether oxygens (including phenoxy) is 1. The number of hydrogen-bond donors (Lipinski definition) is 0. The molecule has 3 nitrogen and oxygen atoms in total. The Hall–Kier alpha value is -1.84. The lowest BCUT2D eigenvalue weighted by Crippen LogP contribution is -2.43. The van der Waals surface area contributed by atoms with Crippen molar-refractivity contribution in [1.82, 2.24) is 9.80 Å². The van der Waals surface area contributed by atoms with Crippen LogP contribution in [0.1, 0.15) is 5.56 Å². The van der Waals surface area contributed by atoms with E-state index in [4.69, 9.17) is 4.74 Å². The van der Waals surface area contributed by atoms with E-state index < -0.39 is 0 Å². The Morgan fingerprint density at radius 1 is 0.909 bits per heavy atom. The first kappa shape index (κ1) is 15.1. The zero-order valence-electron chi connectivity index (χ0n) is 13.5. The molecule has 1 fully saturated rings. The smallest absolute Gasteiger partial charge is 0.119 e. The van der Waals surface area contributed by atoms with Gasteiger partial charge in [-0.15, -0.1) is 0 Å². The molecule has 3 rings (SSSR count).